The second-order valence-electron chi connectivity index (χ2n) is 4.78. The lowest BCUT2D eigenvalue weighted by Gasteiger charge is -2.09. The molecule has 20 heavy (non-hydrogen) atoms. The van der Waals surface area contributed by atoms with Crippen LogP contribution in [0.25, 0.3) is 0 Å². The molecule has 5 heteroatoms. The first-order valence-electron chi connectivity index (χ1n) is 6.55. The van der Waals surface area contributed by atoms with Gasteiger partial charge in [-0.1, -0.05) is 31.5 Å². The van der Waals surface area contributed by atoms with Gasteiger partial charge in [0.05, 0.1) is 22.6 Å². The number of ether oxygens (including phenoxy) is 1. The second kappa shape index (κ2) is 7.22. The molecule has 0 bridgehead atoms. The van der Waals surface area contributed by atoms with Crippen LogP contribution in [-0.4, -0.2) is 16.0 Å². The molecule has 106 valence electrons. The fraction of sp³-hybridized carbons (Fsp3) is 0.333. The zero-order valence-electron chi connectivity index (χ0n) is 11.6. The smallest absolute Gasteiger partial charge is 0.139 e. The number of nitrogens with zero attached hydrogens (tertiary/aromatic N) is 2. The second-order valence-corrected chi connectivity index (χ2v) is 5.22. The van der Waals surface area contributed by atoms with Gasteiger partial charge in [-0.3, -0.25) is 9.97 Å². The molecule has 0 radical (unpaired) electrons. The molecule has 2 aromatic rings. The van der Waals surface area contributed by atoms with Crippen LogP contribution >= 0.6 is 11.6 Å². The number of hydrogen-bond donors (Lipinski definition) is 1. The molecule has 1 N–H and O–H groups in total. The topological polar surface area (TPSA) is 47.0 Å². The standard InChI is InChI=1S/C15H18ClN3O/c1-11(2)18-8-13-4-3-5-14(19-13)10-20-15-6-12(16)7-17-9-15/h3-7,9,11,18H,8,10H2,1-2H3. The van der Waals surface area contributed by atoms with Gasteiger partial charge in [0.2, 0.25) is 0 Å². The molecule has 2 aromatic heterocycles. The minimum absolute atomic E-state index is 0.400. The molecule has 0 aromatic carbocycles. The van der Waals surface area contributed by atoms with Crippen molar-refractivity contribution in [1.29, 1.82) is 0 Å². The van der Waals surface area contributed by atoms with Crippen molar-refractivity contribution in [1.82, 2.24) is 15.3 Å². The Morgan fingerprint density at radius 1 is 1.25 bits per heavy atom. The van der Waals surface area contributed by atoms with Crippen molar-refractivity contribution in [3.63, 3.8) is 0 Å². The van der Waals surface area contributed by atoms with E-state index < -0.39 is 0 Å². The van der Waals surface area contributed by atoms with E-state index in [1.54, 1.807) is 18.5 Å². The van der Waals surface area contributed by atoms with Crippen molar-refractivity contribution in [3.05, 3.63) is 53.1 Å². The number of aromatic nitrogens is 2. The Balaban J connectivity index is 1.94. The van der Waals surface area contributed by atoms with E-state index in [1.165, 1.54) is 0 Å². The predicted molar refractivity (Wildman–Crippen MR) is 79.8 cm³/mol. The molecule has 4 nitrogen and oxygen atoms in total. The molecule has 2 rings (SSSR count). The molecule has 0 spiro atoms. The molecule has 0 fully saturated rings. The van der Waals surface area contributed by atoms with Gasteiger partial charge in [-0.15, -0.1) is 0 Å². The fourth-order valence-electron chi connectivity index (χ4n) is 1.65. The van der Waals surface area contributed by atoms with Crippen molar-refractivity contribution >= 4 is 11.6 Å². The highest BCUT2D eigenvalue weighted by Gasteiger charge is 2.01. The van der Waals surface area contributed by atoms with Gasteiger partial charge in [0, 0.05) is 24.8 Å². The normalized spacial score (nSPS) is 10.8. The number of pyridine rings is 2. The molecule has 2 heterocycles. The van der Waals surface area contributed by atoms with Gasteiger partial charge < -0.3 is 10.1 Å². The van der Waals surface area contributed by atoms with Crippen molar-refractivity contribution < 1.29 is 4.74 Å². The van der Waals surface area contributed by atoms with Crippen LogP contribution in [0.15, 0.2) is 36.7 Å². The van der Waals surface area contributed by atoms with Gasteiger partial charge in [0.1, 0.15) is 12.4 Å². The molecule has 0 atom stereocenters. The van der Waals surface area contributed by atoms with Crippen molar-refractivity contribution in [3.8, 4) is 5.75 Å². The van der Waals surface area contributed by atoms with Gasteiger partial charge >= 0.3 is 0 Å². The van der Waals surface area contributed by atoms with E-state index in [-0.39, 0.29) is 0 Å². The molecular formula is C15H18ClN3O. The van der Waals surface area contributed by atoms with Crippen LogP contribution in [0, 0.1) is 0 Å². The molecule has 0 aliphatic heterocycles. The van der Waals surface area contributed by atoms with E-state index >= 15 is 0 Å². The Morgan fingerprint density at radius 3 is 2.80 bits per heavy atom. The molecule has 0 aliphatic rings. The van der Waals surface area contributed by atoms with Crippen LogP contribution in [-0.2, 0) is 13.2 Å². The minimum atomic E-state index is 0.400. The molecule has 0 unspecified atom stereocenters. The fourth-order valence-corrected chi connectivity index (χ4v) is 1.81. The number of hydrogen-bond acceptors (Lipinski definition) is 4. The lowest BCUT2D eigenvalue weighted by molar-refractivity contribution is 0.299. The summed E-state index contributed by atoms with van der Waals surface area (Å²) < 4.78 is 5.62. The van der Waals surface area contributed by atoms with Crippen molar-refractivity contribution in [2.45, 2.75) is 33.0 Å². The lowest BCUT2D eigenvalue weighted by atomic mass is 10.3. The summed E-state index contributed by atoms with van der Waals surface area (Å²) in [5.41, 5.74) is 1.89. The highest BCUT2D eigenvalue weighted by Crippen LogP contribution is 2.16. The average Bonchev–Trinajstić information content (AvgIpc) is 2.43. The maximum absolute atomic E-state index is 5.86. The van der Waals surface area contributed by atoms with E-state index in [4.69, 9.17) is 16.3 Å². The average molecular weight is 292 g/mol. The van der Waals surface area contributed by atoms with Crippen LogP contribution in [0.3, 0.4) is 0 Å². The Labute approximate surface area is 124 Å². The summed E-state index contributed by atoms with van der Waals surface area (Å²) in [5, 5.41) is 3.90. The maximum atomic E-state index is 5.86. The Bertz CT molecular complexity index is 560. The summed E-state index contributed by atoms with van der Waals surface area (Å²) in [5.74, 6) is 0.644. The third kappa shape index (κ3) is 4.79. The highest BCUT2D eigenvalue weighted by atomic mass is 35.5. The van der Waals surface area contributed by atoms with E-state index in [9.17, 15) is 0 Å². The molecule has 0 aliphatic carbocycles. The zero-order valence-corrected chi connectivity index (χ0v) is 12.4. The summed E-state index contributed by atoms with van der Waals surface area (Å²) in [6.45, 7) is 5.37. The zero-order chi connectivity index (χ0) is 14.4. The van der Waals surface area contributed by atoms with E-state index in [2.05, 4.69) is 29.1 Å². The van der Waals surface area contributed by atoms with Crippen LogP contribution in [0.2, 0.25) is 5.02 Å². The van der Waals surface area contributed by atoms with Crippen LogP contribution in [0.1, 0.15) is 25.2 Å². The lowest BCUT2D eigenvalue weighted by Crippen LogP contribution is -2.22. The van der Waals surface area contributed by atoms with E-state index in [0.29, 0.717) is 23.4 Å². The number of halogens is 1. The summed E-state index contributed by atoms with van der Waals surface area (Å²) in [6.07, 6.45) is 3.21. The third-order valence-corrected chi connectivity index (χ3v) is 2.83. The highest BCUT2D eigenvalue weighted by molar-refractivity contribution is 6.30. The Kier molecular flexibility index (Phi) is 5.32. The van der Waals surface area contributed by atoms with Crippen molar-refractivity contribution in [2.24, 2.45) is 0 Å². The Morgan fingerprint density at radius 2 is 2.05 bits per heavy atom. The third-order valence-electron chi connectivity index (χ3n) is 2.62. The van der Waals surface area contributed by atoms with E-state index in [0.717, 1.165) is 17.9 Å². The first-order chi connectivity index (χ1) is 9.63. The summed E-state index contributed by atoms with van der Waals surface area (Å²) in [6, 6.07) is 8.10. The first kappa shape index (κ1) is 14.8. The maximum Gasteiger partial charge on any atom is 0.139 e. The van der Waals surface area contributed by atoms with Gasteiger partial charge in [-0.25, -0.2) is 0 Å². The number of nitrogens with one attached hydrogen (secondary N) is 1. The van der Waals surface area contributed by atoms with Gasteiger partial charge in [-0.2, -0.15) is 0 Å². The van der Waals surface area contributed by atoms with Gasteiger partial charge in [0.15, 0.2) is 0 Å². The summed E-state index contributed by atoms with van der Waals surface area (Å²) >= 11 is 5.86. The largest absolute Gasteiger partial charge is 0.486 e. The summed E-state index contributed by atoms with van der Waals surface area (Å²) in [7, 11) is 0. The molecule has 0 amide bonds. The van der Waals surface area contributed by atoms with Crippen molar-refractivity contribution in [2.75, 3.05) is 0 Å². The number of rotatable bonds is 6. The molecule has 0 saturated heterocycles. The Hall–Kier alpha value is -1.65. The van der Waals surface area contributed by atoms with Gasteiger partial charge in [-0.05, 0) is 12.1 Å². The van der Waals surface area contributed by atoms with Crippen LogP contribution in [0.5, 0.6) is 5.75 Å². The molecular weight excluding hydrogens is 274 g/mol. The minimum Gasteiger partial charge on any atom is -0.486 e. The van der Waals surface area contributed by atoms with Gasteiger partial charge in [0.25, 0.3) is 0 Å². The monoisotopic (exact) mass is 291 g/mol. The van der Waals surface area contributed by atoms with Crippen LogP contribution in [0.4, 0.5) is 0 Å². The quantitative estimate of drug-likeness (QED) is 0.888. The predicted octanol–water partition coefficient (Wildman–Crippen LogP) is 3.21. The molecule has 0 saturated carbocycles. The first-order valence-corrected chi connectivity index (χ1v) is 6.93. The van der Waals surface area contributed by atoms with Crippen LogP contribution < -0.4 is 10.1 Å². The SMILES string of the molecule is CC(C)NCc1cccc(COc2cncc(Cl)c2)n1. The summed E-state index contributed by atoms with van der Waals surface area (Å²) in [4.78, 5) is 8.52. The van der Waals surface area contributed by atoms with E-state index in [1.807, 2.05) is 18.2 Å².